The number of methoxy groups -OCH3 is 1. The number of rotatable bonds is 11. The number of aromatic nitrogens is 5. The van der Waals surface area contributed by atoms with E-state index in [-0.39, 0.29) is 36.1 Å². The highest BCUT2D eigenvalue weighted by molar-refractivity contribution is 6.05. The minimum absolute atomic E-state index is 0.118. The Morgan fingerprint density at radius 3 is 2.41 bits per heavy atom. The van der Waals surface area contributed by atoms with Crippen molar-refractivity contribution in [1.29, 1.82) is 0 Å². The Labute approximate surface area is 379 Å². The SMILES string of the molecule is COc1ccc(F)cc1C(=O)NCc1ccc(-c2nn(-c3ccc(N4CCC(CN5CCN(c6ccc7c(c6)CN([C@H]6CCC(=O)NC6=O)C7=O)CC5)CC4)nc3)c3ncnc(N)c23)cc1. The smallest absolute Gasteiger partial charge is 0.255 e. The zero-order valence-corrected chi connectivity index (χ0v) is 36.5. The van der Waals surface area contributed by atoms with E-state index in [1.165, 1.54) is 25.6 Å². The van der Waals surface area contributed by atoms with E-state index < -0.39 is 23.7 Å². The van der Waals surface area contributed by atoms with Crippen molar-refractivity contribution in [3.05, 3.63) is 113 Å². The second-order valence-corrected chi connectivity index (χ2v) is 17.3. The van der Waals surface area contributed by atoms with Crippen LogP contribution in [0.2, 0.25) is 0 Å². The summed E-state index contributed by atoms with van der Waals surface area (Å²) in [5.74, 6) is 0.286. The number of carbonyl (C=O) groups excluding carboxylic acids is 4. The predicted octanol–water partition coefficient (Wildman–Crippen LogP) is 4.34. The number of nitrogens with zero attached hydrogens (tertiary/aromatic N) is 9. The standard InChI is InChI=1S/C48H49FN12O5/c1-66-39-11-6-33(49)23-37(39)46(63)52-24-29-2-4-31(5-3-29)43-42-44(50)53-28-54-45(42)61(56-43)35-8-12-40(51-25-35)59-16-14-30(15-17-59)26-57-18-20-58(21-19-57)34-7-9-36-32(22-34)27-60(48(36)65)38-10-13-41(62)55-47(38)64/h2-9,11-12,22-23,25,28,30,38H,10,13-21,24,26-27H2,1H3,(H,52,63)(H2,50,53,54)(H,55,62,64)/t38-/m0/s1. The average Bonchev–Trinajstić information content (AvgIpc) is 3.89. The Morgan fingerprint density at radius 2 is 1.67 bits per heavy atom. The van der Waals surface area contributed by atoms with E-state index in [0.717, 1.165) is 98.6 Å². The number of fused-ring (bicyclic) bond motifs is 2. The molecule has 3 saturated heterocycles. The lowest BCUT2D eigenvalue weighted by Gasteiger charge is -2.40. The lowest BCUT2D eigenvalue weighted by molar-refractivity contribution is -0.136. The molecule has 6 aromatic rings. The fraction of sp³-hybridized carbons (Fsp3) is 0.333. The number of pyridine rings is 1. The number of carbonyl (C=O) groups is 4. The van der Waals surface area contributed by atoms with Crippen LogP contribution in [0.3, 0.4) is 0 Å². The van der Waals surface area contributed by atoms with Crippen molar-refractivity contribution in [1.82, 2.24) is 45.2 Å². The van der Waals surface area contributed by atoms with Crippen molar-refractivity contribution in [2.75, 3.05) is 68.5 Å². The first-order valence-corrected chi connectivity index (χ1v) is 22.3. The molecule has 4 amide bonds. The molecule has 3 aromatic carbocycles. The number of nitrogen functional groups attached to an aromatic ring is 1. The van der Waals surface area contributed by atoms with Crippen LogP contribution >= 0.6 is 0 Å². The van der Waals surface area contributed by atoms with Crippen molar-refractivity contribution in [3.63, 3.8) is 0 Å². The van der Waals surface area contributed by atoms with E-state index in [4.69, 9.17) is 20.6 Å². The van der Waals surface area contributed by atoms with Gasteiger partial charge in [0.15, 0.2) is 5.65 Å². The topological polar surface area (TPSA) is 197 Å². The van der Waals surface area contributed by atoms with E-state index >= 15 is 0 Å². The van der Waals surface area contributed by atoms with Gasteiger partial charge in [0.1, 0.15) is 41.3 Å². The average molecular weight is 893 g/mol. The number of imide groups is 1. The number of ether oxygens (including phenoxy) is 1. The molecule has 1 atom stereocenters. The third-order valence-corrected chi connectivity index (χ3v) is 13.3. The van der Waals surface area contributed by atoms with Gasteiger partial charge in [-0.05, 0) is 84.8 Å². The highest BCUT2D eigenvalue weighted by atomic mass is 19.1. The van der Waals surface area contributed by atoms with Crippen molar-refractivity contribution >= 4 is 52.0 Å². The molecule has 7 heterocycles. The molecule has 17 nitrogen and oxygen atoms in total. The van der Waals surface area contributed by atoms with Gasteiger partial charge in [-0.2, -0.15) is 5.10 Å². The summed E-state index contributed by atoms with van der Waals surface area (Å²) in [7, 11) is 1.43. The fourth-order valence-electron chi connectivity index (χ4n) is 9.62. The summed E-state index contributed by atoms with van der Waals surface area (Å²) in [5, 5.41) is 10.8. The largest absolute Gasteiger partial charge is 0.496 e. The monoisotopic (exact) mass is 892 g/mol. The number of nitrogens with one attached hydrogen (secondary N) is 2. The van der Waals surface area contributed by atoms with Crippen LogP contribution in [0.25, 0.3) is 28.0 Å². The molecule has 0 spiro atoms. The van der Waals surface area contributed by atoms with Gasteiger partial charge in [0.25, 0.3) is 11.8 Å². The van der Waals surface area contributed by atoms with E-state index in [9.17, 15) is 23.6 Å². The summed E-state index contributed by atoms with van der Waals surface area (Å²) >= 11 is 0. The maximum atomic E-state index is 13.9. The molecule has 4 aliphatic rings. The van der Waals surface area contributed by atoms with Crippen LogP contribution in [0.5, 0.6) is 5.75 Å². The second kappa shape index (κ2) is 17.8. The zero-order chi connectivity index (χ0) is 45.5. The molecule has 18 heteroatoms. The normalized spacial score (nSPS) is 18.2. The van der Waals surface area contributed by atoms with Gasteiger partial charge in [-0.25, -0.2) is 24.0 Å². The van der Waals surface area contributed by atoms with Crippen molar-refractivity contribution in [2.45, 2.75) is 44.8 Å². The summed E-state index contributed by atoms with van der Waals surface area (Å²) in [6, 6.07) is 20.8. The fourth-order valence-corrected chi connectivity index (χ4v) is 9.62. The number of halogens is 1. The molecular formula is C48H49FN12O5. The number of hydrogen-bond acceptors (Lipinski definition) is 13. The molecule has 0 bridgehead atoms. The number of piperidine rings is 2. The Hall–Kier alpha value is -7.47. The van der Waals surface area contributed by atoms with Crippen LogP contribution in [0.4, 0.5) is 21.7 Å². The molecule has 0 radical (unpaired) electrons. The molecule has 338 valence electrons. The second-order valence-electron chi connectivity index (χ2n) is 17.3. The first-order valence-electron chi connectivity index (χ1n) is 22.3. The Morgan fingerprint density at radius 1 is 0.879 bits per heavy atom. The van der Waals surface area contributed by atoms with E-state index in [2.05, 4.69) is 41.4 Å². The van der Waals surface area contributed by atoms with Gasteiger partial charge in [0.2, 0.25) is 11.8 Å². The van der Waals surface area contributed by atoms with Crippen molar-refractivity contribution in [3.8, 4) is 22.7 Å². The van der Waals surface area contributed by atoms with Crippen molar-refractivity contribution in [2.24, 2.45) is 5.92 Å². The maximum absolute atomic E-state index is 13.9. The summed E-state index contributed by atoms with van der Waals surface area (Å²) in [6.07, 6.45) is 5.97. The lowest BCUT2D eigenvalue weighted by atomic mass is 9.96. The van der Waals surface area contributed by atoms with Gasteiger partial charge in [0.05, 0.1) is 29.9 Å². The van der Waals surface area contributed by atoms with E-state index in [0.29, 0.717) is 47.0 Å². The van der Waals surface area contributed by atoms with Crippen LogP contribution in [-0.2, 0) is 22.7 Å². The minimum atomic E-state index is -0.614. The summed E-state index contributed by atoms with van der Waals surface area (Å²) in [4.78, 5) is 72.7. The molecule has 10 rings (SSSR count). The summed E-state index contributed by atoms with van der Waals surface area (Å²) in [5.41, 5.74) is 12.7. The first-order chi connectivity index (χ1) is 32.1. The third kappa shape index (κ3) is 8.34. The highest BCUT2D eigenvalue weighted by Crippen LogP contribution is 2.34. The van der Waals surface area contributed by atoms with Gasteiger partial charge in [-0.15, -0.1) is 0 Å². The molecular weight excluding hydrogens is 844 g/mol. The number of amides is 4. The van der Waals surface area contributed by atoms with Crippen LogP contribution < -0.4 is 30.9 Å². The van der Waals surface area contributed by atoms with E-state index in [1.807, 2.05) is 54.7 Å². The van der Waals surface area contributed by atoms with Crippen LogP contribution in [-0.4, -0.2) is 117 Å². The molecule has 3 fully saturated rings. The summed E-state index contributed by atoms with van der Waals surface area (Å²) in [6.45, 7) is 7.19. The number of benzene rings is 3. The first kappa shape index (κ1) is 42.5. The lowest BCUT2D eigenvalue weighted by Crippen LogP contribution is -2.52. The van der Waals surface area contributed by atoms with E-state index in [1.54, 1.807) is 9.58 Å². The quantitative estimate of drug-likeness (QED) is 0.156. The Kier molecular flexibility index (Phi) is 11.5. The minimum Gasteiger partial charge on any atom is -0.496 e. The van der Waals surface area contributed by atoms with Gasteiger partial charge >= 0.3 is 0 Å². The number of piperazine rings is 1. The van der Waals surface area contributed by atoms with Crippen LogP contribution in [0, 0.1) is 11.7 Å². The Bertz CT molecular complexity index is 2840. The Balaban J connectivity index is 0.726. The third-order valence-electron chi connectivity index (χ3n) is 13.3. The predicted molar refractivity (Wildman–Crippen MR) is 245 cm³/mol. The molecule has 0 saturated carbocycles. The van der Waals surface area contributed by atoms with Crippen molar-refractivity contribution < 1.29 is 28.3 Å². The number of hydrogen-bond donors (Lipinski definition) is 3. The maximum Gasteiger partial charge on any atom is 0.255 e. The molecule has 0 unspecified atom stereocenters. The number of anilines is 3. The molecule has 4 N–H and O–H groups in total. The van der Waals surface area contributed by atoms with Gasteiger partial charge < -0.3 is 30.5 Å². The van der Waals surface area contributed by atoms with Gasteiger partial charge in [-0.3, -0.25) is 29.4 Å². The highest BCUT2D eigenvalue weighted by Gasteiger charge is 2.39. The summed E-state index contributed by atoms with van der Waals surface area (Å²) < 4.78 is 20.8. The number of nitrogens with two attached hydrogens (primary N) is 1. The van der Waals surface area contributed by atoms with Crippen LogP contribution in [0.1, 0.15) is 57.5 Å². The molecule has 0 aliphatic carbocycles. The molecule has 66 heavy (non-hydrogen) atoms. The zero-order valence-electron chi connectivity index (χ0n) is 36.5. The van der Waals surface area contributed by atoms with Crippen LogP contribution in [0.15, 0.2) is 85.3 Å². The molecule has 4 aliphatic heterocycles. The molecule has 3 aromatic heterocycles. The van der Waals surface area contributed by atoms with Gasteiger partial charge in [0, 0.05) is 82.1 Å². The van der Waals surface area contributed by atoms with Gasteiger partial charge in [-0.1, -0.05) is 24.3 Å².